The lowest BCUT2D eigenvalue weighted by Crippen LogP contribution is -2.28. The Labute approximate surface area is 128 Å². The molecular formula is C15H19N3O2S. The van der Waals surface area contributed by atoms with Crippen LogP contribution in [0.5, 0.6) is 5.75 Å². The fourth-order valence-electron chi connectivity index (χ4n) is 1.98. The Balaban J connectivity index is 1.99. The van der Waals surface area contributed by atoms with Crippen LogP contribution in [0.4, 0.5) is 10.5 Å². The third-order valence-electron chi connectivity index (χ3n) is 3.01. The van der Waals surface area contributed by atoms with Crippen molar-refractivity contribution in [3.05, 3.63) is 39.3 Å². The number of amides is 2. The maximum Gasteiger partial charge on any atom is 0.319 e. The predicted octanol–water partition coefficient (Wildman–Crippen LogP) is 3.40. The first-order valence-corrected chi connectivity index (χ1v) is 7.43. The largest absolute Gasteiger partial charge is 0.495 e. The molecule has 0 aliphatic rings. The van der Waals surface area contributed by atoms with Gasteiger partial charge in [-0.2, -0.15) is 0 Å². The van der Waals surface area contributed by atoms with Crippen LogP contribution >= 0.6 is 11.3 Å². The van der Waals surface area contributed by atoms with Gasteiger partial charge in [0.05, 0.1) is 30.0 Å². The minimum Gasteiger partial charge on any atom is -0.495 e. The lowest BCUT2D eigenvalue weighted by molar-refractivity contribution is 0.251. The summed E-state index contributed by atoms with van der Waals surface area (Å²) in [6.07, 6.45) is 0. The number of thiazole rings is 1. The Morgan fingerprint density at radius 3 is 2.71 bits per heavy atom. The number of nitrogens with one attached hydrogen (secondary N) is 2. The zero-order valence-corrected chi connectivity index (χ0v) is 13.4. The number of hydrogen-bond acceptors (Lipinski definition) is 4. The summed E-state index contributed by atoms with van der Waals surface area (Å²) < 4.78 is 5.24. The Morgan fingerprint density at radius 2 is 2.10 bits per heavy atom. The van der Waals surface area contributed by atoms with Crippen LogP contribution in [-0.4, -0.2) is 18.1 Å². The van der Waals surface area contributed by atoms with E-state index in [9.17, 15) is 4.79 Å². The SMILES string of the molecule is COc1ccc(C)cc1NC(=O)NCc1sc(C)nc1C. The van der Waals surface area contributed by atoms with E-state index >= 15 is 0 Å². The predicted molar refractivity (Wildman–Crippen MR) is 85.2 cm³/mol. The minimum absolute atomic E-state index is 0.260. The first-order valence-electron chi connectivity index (χ1n) is 6.62. The van der Waals surface area contributed by atoms with E-state index in [1.807, 2.05) is 39.0 Å². The Bertz CT molecular complexity index is 652. The van der Waals surface area contributed by atoms with Crippen molar-refractivity contribution in [2.24, 2.45) is 0 Å². The molecule has 1 heterocycles. The smallest absolute Gasteiger partial charge is 0.319 e. The summed E-state index contributed by atoms with van der Waals surface area (Å²) in [5, 5.41) is 6.65. The van der Waals surface area contributed by atoms with Gasteiger partial charge in [0.1, 0.15) is 5.75 Å². The third kappa shape index (κ3) is 3.95. The molecule has 0 aliphatic carbocycles. The summed E-state index contributed by atoms with van der Waals surface area (Å²) in [5.41, 5.74) is 2.68. The maximum absolute atomic E-state index is 12.0. The summed E-state index contributed by atoms with van der Waals surface area (Å²) in [7, 11) is 1.58. The van der Waals surface area contributed by atoms with Crippen LogP contribution in [0.3, 0.4) is 0 Å². The van der Waals surface area contributed by atoms with E-state index in [1.165, 1.54) is 0 Å². The van der Waals surface area contributed by atoms with Crippen molar-refractivity contribution in [1.29, 1.82) is 0 Å². The van der Waals surface area contributed by atoms with Crippen LogP contribution in [0, 0.1) is 20.8 Å². The number of urea groups is 1. The average molecular weight is 305 g/mol. The molecule has 0 unspecified atom stereocenters. The second-order valence-electron chi connectivity index (χ2n) is 4.75. The van der Waals surface area contributed by atoms with E-state index in [4.69, 9.17) is 4.74 Å². The van der Waals surface area contributed by atoms with E-state index in [1.54, 1.807) is 18.4 Å². The summed E-state index contributed by atoms with van der Waals surface area (Å²) in [5.74, 6) is 0.639. The van der Waals surface area contributed by atoms with E-state index in [0.29, 0.717) is 18.0 Å². The van der Waals surface area contributed by atoms with Crippen molar-refractivity contribution in [3.63, 3.8) is 0 Å². The highest BCUT2D eigenvalue weighted by atomic mass is 32.1. The topological polar surface area (TPSA) is 63.2 Å². The number of nitrogens with zero attached hydrogens (tertiary/aromatic N) is 1. The molecule has 2 amide bonds. The number of aryl methyl sites for hydroxylation is 3. The molecule has 6 heteroatoms. The van der Waals surface area contributed by atoms with Crippen LogP contribution in [0.25, 0.3) is 0 Å². The highest BCUT2D eigenvalue weighted by Gasteiger charge is 2.09. The van der Waals surface area contributed by atoms with Gasteiger partial charge in [0.2, 0.25) is 0 Å². The second-order valence-corrected chi connectivity index (χ2v) is 6.04. The van der Waals surface area contributed by atoms with Crippen molar-refractivity contribution in [2.45, 2.75) is 27.3 Å². The molecule has 0 aliphatic heterocycles. The monoisotopic (exact) mass is 305 g/mol. The minimum atomic E-state index is -0.260. The van der Waals surface area contributed by atoms with Gasteiger partial charge in [0.25, 0.3) is 0 Å². The second kappa shape index (κ2) is 6.58. The van der Waals surface area contributed by atoms with Gasteiger partial charge in [-0.1, -0.05) is 6.07 Å². The Morgan fingerprint density at radius 1 is 1.33 bits per heavy atom. The van der Waals surface area contributed by atoms with E-state index in [0.717, 1.165) is 21.1 Å². The van der Waals surface area contributed by atoms with Crippen molar-refractivity contribution in [3.8, 4) is 5.75 Å². The zero-order chi connectivity index (χ0) is 15.4. The normalized spacial score (nSPS) is 10.3. The molecule has 0 bridgehead atoms. The molecule has 2 aromatic rings. The summed E-state index contributed by atoms with van der Waals surface area (Å²) >= 11 is 1.59. The standard InChI is InChI=1S/C15H19N3O2S/c1-9-5-6-13(20-4)12(7-9)18-15(19)16-8-14-10(2)17-11(3)21-14/h5-7H,8H2,1-4H3,(H2,16,18,19). The molecular weight excluding hydrogens is 286 g/mol. The van der Waals surface area contributed by atoms with Crippen LogP contribution in [0.15, 0.2) is 18.2 Å². The summed E-state index contributed by atoms with van der Waals surface area (Å²) in [6.45, 7) is 6.34. The molecule has 5 nitrogen and oxygen atoms in total. The highest BCUT2D eigenvalue weighted by molar-refractivity contribution is 7.11. The number of benzene rings is 1. The zero-order valence-electron chi connectivity index (χ0n) is 12.6. The molecule has 1 aromatic carbocycles. The number of aromatic nitrogens is 1. The maximum atomic E-state index is 12.0. The van der Waals surface area contributed by atoms with Crippen LogP contribution in [0.1, 0.15) is 21.1 Å². The number of ether oxygens (including phenoxy) is 1. The van der Waals surface area contributed by atoms with Gasteiger partial charge in [-0.05, 0) is 38.5 Å². The van der Waals surface area contributed by atoms with Crippen molar-refractivity contribution in [2.75, 3.05) is 12.4 Å². The molecule has 2 N–H and O–H groups in total. The summed E-state index contributed by atoms with van der Waals surface area (Å²) in [6, 6.07) is 5.39. The number of anilines is 1. The fraction of sp³-hybridized carbons (Fsp3) is 0.333. The van der Waals surface area contributed by atoms with Gasteiger partial charge in [-0.3, -0.25) is 0 Å². The molecule has 1 aromatic heterocycles. The van der Waals surface area contributed by atoms with Crippen LogP contribution in [-0.2, 0) is 6.54 Å². The lowest BCUT2D eigenvalue weighted by atomic mass is 10.2. The van der Waals surface area contributed by atoms with Gasteiger partial charge in [0.15, 0.2) is 0 Å². The number of methoxy groups -OCH3 is 1. The molecule has 0 fully saturated rings. The molecule has 0 atom stereocenters. The highest BCUT2D eigenvalue weighted by Crippen LogP contribution is 2.25. The van der Waals surface area contributed by atoms with Crippen molar-refractivity contribution in [1.82, 2.24) is 10.3 Å². The van der Waals surface area contributed by atoms with E-state index in [2.05, 4.69) is 15.6 Å². The first-order chi connectivity index (χ1) is 9.99. The van der Waals surface area contributed by atoms with Gasteiger partial charge >= 0.3 is 6.03 Å². The van der Waals surface area contributed by atoms with Crippen molar-refractivity contribution < 1.29 is 9.53 Å². The van der Waals surface area contributed by atoms with Crippen LogP contribution < -0.4 is 15.4 Å². The van der Waals surface area contributed by atoms with Crippen LogP contribution in [0.2, 0.25) is 0 Å². The third-order valence-corrected chi connectivity index (χ3v) is 4.09. The molecule has 2 rings (SSSR count). The average Bonchev–Trinajstić information content (AvgIpc) is 2.75. The summed E-state index contributed by atoms with van der Waals surface area (Å²) in [4.78, 5) is 17.4. The first kappa shape index (κ1) is 15.3. The molecule has 0 saturated carbocycles. The molecule has 21 heavy (non-hydrogen) atoms. The Hall–Kier alpha value is -2.08. The number of carbonyl (C=O) groups excluding carboxylic acids is 1. The van der Waals surface area contributed by atoms with E-state index < -0.39 is 0 Å². The number of hydrogen-bond donors (Lipinski definition) is 2. The van der Waals surface area contributed by atoms with Gasteiger partial charge in [-0.15, -0.1) is 11.3 Å². The van der Waals surface area contributed by atoms with Crippen molar-refractivity contribution >= 4 is 23.1 Å². The number of carbonyl (C=O) groups is 1. The Kier molecular flexibility index (Phi) is 4.80. The van der Waals surface area contributed by atoms with E-state index in [-0.39, 0.29) is 6.03 Å². The quantitative estimate of drug-likeness (QED) is 0.910. The lowest BCUT2D eigenvalue weighted by Gasteiger charge is -2.11. The molecule has 0 saturated heterocycles. The molecule has 0 spiro atoms. The fourth-order valence-corrected chi connectivity index (χ4v) is 2.86. The molecule has 0 radical (unpaired) electrons. The van der Waals surface area contributed by atoms with Gasteiger partial charge < -0.3 is 15.4 Å². The number of rotatable bonds is 4. The van der Waals surface area contributed by atoms with Gasteiger partial charge in [-0.25, -0.2) is 9.78 Å². The van der Waals surface area contributed by atoms with Gasteiger partial charge in [0, 0.05) is 4.88 Å². The molecule has 112 valence electrons.